The van der Waals surface area contributed by atoms with Gasteiger partial charge in [-0.3, -0.25) is 4.55 Å². The lowest BCUT2D eigenvalue weighted by Gasteiger charge is -1.96. The molecule has 5 nitrogen and oxygen atoms in total. The van der Waals surface area contributed by atoms with Crippen molar-refractivity contribution < 1.29 is 21.4 Å². The zero-order chi connectivity index (χ0) is 18.2. The second-order valence-corrected chi connectivity index (χ2v) is 8.18. The summed E-state index contributed by atoms with van der Waals surface area (Å²) < 4.78 is 52.6. The van der Waals surface area contributed by atoms with Crippen LogP contribution in [0.4, 0.5) is 0 Å². The smallest absolute Gasteiger partial charge is 0.282 e. The molecule has 0 amide bonds. The molecule has 0 aliphatic heterocycles. The summed E-state index contributed by atoms with van der Waals surface area (Å²) in [7, 11) is -7.22. The highest BCUT2D eigenvalue weighted by molar-refractivity contribution is 7.94. The van der Waals surface area contributed by atoms with Crippen molar-refractivity contribution in [3.8, 4) is 0 Å². The largest absolute Gasteiger partial charge is 0.294 e. The van der Waals surface area contributed by atoms with Gasteiger partial charge < -0.3 is 0 Å². The maximum atomic E-state index is 11.5. The fourth-order valence-corrected chi connectivity index (χ4v) is 3.24. The molecule has 0 aliphatic carbocycles. The van der Waals surface area contributed by atoms with E-state index in [0.717, 1.165) is 12.0 Å². The molecule has 24 heavy (non-hydrogen) atoms. The molecule has 0 saturated heterocycles. The molecule has 1 N–H and O–H groups in total. The van der Waals surface area contributed by atoms with Crippen molar-refractivity contribution in [3.63, 3.8) is 0 Å². The van der Waals surface area contributed by atoms with Gasteiger partial charge >= 0.3 is 0 Å². The van der Waals surface area contributed by atoms with E-state index in [2.05, 4.69) is 0 Å². The van der Waals surface area contributed by atoms with Crippen molar-refractivity contribution in [1.82, 2.24) is 0 Å². The summed E-state index contributed by atoms with van der Waals surface area (Å²) >= 11 is 0. The number of aryl methyl sites for hydroxylation is 1. The van der Waals surface area contributed by atoms with Gasteiger partial charge in [-0.05, 0) is 37.6 Å². The van der Waals surface area contributed by atoms with Crippen molar-refractivity contribution in [2.45, 2.75) is 30.1 Å². The van der Waals surface area contributed by atoms with Crippen LogP contribution in [0.1, 0.15) is 18.9 Å². The average molecular weight is 368 g/mol. The van der Waals surface area contributed by atoms with Crippen LogP contribution in [0.5, 0.6) is 0 Å². The summed E-state index contributed by atoms with van der Waals surface area (Å²) in [5.41, 5.74) is 0.956. The van der Waals surface area contributed by atoms with Gasteiger partial charge in [0.1, 0.15) is 0 Å². The minimum atomic E-state index is -4.02. The Morgan fingerprint density at radius 3 is 1.88 bits per heavy atom. The van der Waals surface area contributed by atoms with Crippen molar-refractivity contribution in [2.24, 2.45) is 0 Å². The van der Waals surface area contributed by atoms with Crippen LogP contribution in [0.25, 0.3) is 0 Å². The fraction of sp³-hybridized carbons (Fsp3) is 0.176. The summed E-state index contributed by atoms with van der Waals surface area (Å²) in [6.45, 7) is 3.74. The second kappa shape index (κ2) is 8.77. The third kappa shape index (κ3) is 6.66. The number of sulfone groups is 1. The Kier molecular flexibility index (Phi) is 7.34. The highest BCUT2D eigenvalue weighted by Crippen LogP contribution is 2.11. The zero-order valence-corrected chi connectivity index (χ0v) is 15.1. The standard InChI is InChI=1S/C10H12O2S.C7H8O3S/c1-2-3-9-13(11,12)10-7-5-4-6-8-10;1-6-2-4-7(5-3-6)11(8,9)10/h3-9H,2H2,1H3;2-5H,1H3,(H,8,9,10). The normalized spacial score (nSPS) is 11.8. The van der Waals surface area contributed by atoms with E-state index in [1.54, 1.807) is 48.5 Å². The first-order valence-corrected chi connectivity index (χ1v) is 10.2. The molecule has 0 bridgehead atoms. The maximum absolute atomic E-state index is 11.5. The van der Waals surface area contributed by atoms with Gasteiger partial charge in [0.2, 0.25) is 0 Å². The van der Waals surface area contributed by atoms with E-state index in [1.165, 1.54) is 17.5 Å². The predicted molar refractivity (Wildman–Crippen MR) is 94.1 cm³/mol. The molecule has 0 fully saturated rings. The Morgan fingerprint density at radius 2 is 1.42 bits per heavy atom. The van der Waals surface area contributed by atoms with Gasteiger partial charge in [0, 0.05) is 5.41 Å². The first kappa shape index (κ1) is 20.1. The molecule has 0 aliphatic rings. The molecular formula is C17H20O5S2. The number of hydrogen-bond donors (Lipinski definition) is 1. The lowest BCUT2D eigenvalue weighted by molar-refractivity contribution is 0.483. The first-order chi connectivity index (χ1) is 11.2. The molecule has 2 aromatic rings. The van der Waals surface area contributed by atoms with Gasteiger partial charge in [0.15, 0.2) is 9.84 Å². The molecule has 0 aromatic heterocycles. The zero-order valence-electron chi connectivity index (χ0n) is 13.5. The Labute approximate surface area is 143 Å². The third-order valence-corrected chi connectivity index (χ3v) is 5.25. The van der Waals surface area contributed by atoms with Crippen LogP contribution in [-0.4, -0.2) is 21.4 Å². The number of allylic oxidation sites excluding steroid dienone is 1. The van der Waals surface area contributed by atoms with E-state index in [0.29, 0.717) is 4.90 Å². The van der Waals surface area contributed by atoms with Crippen LogP contribution < -0.4 is 0 Å². The monoisotopic (exact) mass is 368 g/mol. The Hall–Kier alpha value is -1.96. The van der Waals surface area contributed by atoms with Crippen LogP contribution in [-0.2, 0) is 20.0 Å². The number of hydrogen-bond acceptors (Lipinski definition) is 4. The Balaban J connectivity index is 0.000000243. The van der Waals surface area contributed by atoms with Crippen molar-refractivity contribution >= 4 is 20.0 Å². The molecule has 0 atom stereocenters. The van der Waals surface area contributed by atoms with E-state index < -0.39 is 20.0 Å². The van der Waals surface area contributed by atoms with Gasteiger partial charge in [-0.1, -0.05) is 48.9 Å². The summed E-state index contributed by atoms with van der Waals surface area (Å²) in [5.74, 6) is 0. The van der Waals surface area contributed by atoms with E-state index in [9.17, 15) is 16.8 Å². The second-order valence-electron chi connectivity index (χ2n) is 4.93. The van der Waals surface area contributed by atoms with Crippen LogP contribution in [0.15, 0.2) is 75.9 Å². The van der Waals surface area contributed by atoms with Crippen molar-refractivity contribution in [2.75, 3.05) is 0 Å². The predicted octanol–water partition coefficient (Wildman–Crippen LogP) is 3.63. The summed E-state index contributed by atoms with van der Waals surface area (Å²) in [5, 5.41) is 1.25. The SMILES string of the molecule is CCC=CS(=O)(=O)c1ccccc1.Cc1ccc(S(=O)(=O)O)cc1. The topological polar surface area (TPSA) is 88.5 Å². The third-order valence-electron chi connectivity index (χ3n) is 2.90. The lowest BCUT2D eigenvalue weighted by atomic mass is 10.2. The van der Waals surface area contributed by atoms with Gasteiger partial charge in [-0.2, -0.15) is 8.42 Å². The van der Waals surface area contributed by atoms with Crippen molar-refractivity contribution in [3.05, 3.63) is 71.6 Å². The van der Waals surface area contributed by atoms with Crippen LogP contribution >= 0.6 is 0 Å². The van der Waals surface area contributed by atoms with Gasteiger partial charge in [0.25, 0.3) is 10.1 Å². The molecule has 0 heterocycles. The molecule has 7 heteroatoms. The summed E-state index contributed by atoms with van der Waals surface area (Å²) in [6.07, 6.45) is 2.37. The van der Waals surface area contributed by atoms with E-state index in [-0.39, 0.29) is 4.90 Å². The van der Waals surface area contributed by atoms with Gasteiger partial charge in [-0.15, -0.1) is 0 Å². The van der Waals surface area contributed by atoms with E-state index in [4.69, 9.17) is 4.55 Å². The van der Waals surface area contributed by atoms with Gasteiger partial charge in [-0.25, -0.2) is 8.42 Å². The highest BCUT2D eigenvalue weighted by Gasteiger charge is 2.08. The molecular weight excluding hydrogens is 348 g/mol. The quantitative estimate of drug-likeness (QED) is 0.833. The Morgan fingerprint density at radius 1 is 0.875 bits per heavy atom. The Bertz CT molecular complexity index is 866. The van der Waals surface area contributed by atoms with Crippen LogP contribution in [0.3, 0.4) is 0 Å². The van der Waals surface area contributed by atoms with Crippen LogP contribution in [0.2, 0.25) is 0 Å². The van der Waals surface area contributed by atoms with Gasteiger partial charge in [0.05, 0.1) is 9.79 Å². The summed E-state index contributed by atoms with van der Waals surface area (Å²) in [4.78, 5) is 0.280. The van der Waals surface area contributed by atoms with Crippen molar-refractivity contribution in [1.29, 1.82) is 0 Å². The number of rotatable bonds is 4. The average Bonchev–Trinajstić information content (AvgIpc) is 2.54. The fourth-order valence-electron chi connectivity index (χ4n) is 1.62. The molecule has 130 valence electrons. The molecule has 0 unspecified atom stereocenters. The highest BCUT2D eigenvalue weighted by atomic mass is 32.2. The minimum absolute atomic E-state index is 0.0666. The lowest BCUT2D eigenvalue weighted by Crippen LogP contribution is -1.96. The molecule has 0 spiro atoms. The molecule has 2 aromatic carbocycles. The first-order valence-electron chi connectivity index (χ1n) is 7.17. The maximum Gasteiger partial charge on any atom is 0.294 e. The van der Waals surface area contributed by atoms with Crippen LogP contribution in [0, 0.1) is 6.92 Å². The minimum Gasteiger partial charge on any atom is -0.282 e. The number of benzene rings is 2. The summed E-state index contributed by atoms with van der Waals surface area (Å²) in [6, 6.07) is 14.4. The molecule has 0 saturated carbocycles. The van der Waals surface area contributed by atoms with E-state index in [1.807, 2.05) is 13.8 Å². The molecule has 0 radical (unpaired) electrons. The molecule has 2 rings (SSSR count). The van der Waals surface area contributed by atoms with E-state index >= 15 is 0 Å².